The number of benzene rings is 1. The van der Waals surface area contributed by atoms with Crippen LogP contribution in [0.15, 0.2) is 48.6 Å². The Balaban J connectivity index is 1.76. The van der Waals surface area contributed by atoms with Gasteiger partial charge in [-0.25, -0.2) is 4.98 Å². The molecule has 1 aliphatic rings. The first kappa shape index (κ1) is 22.5. The lowest BCUT2D eigenvalue weighted by molar-refractivity contribution is -0.139. The van der Waals surface area contributed by atoms with E-state index in [0.717, 1.165) is 11.1 Å². The highest BCUT2D eigenvalue weighted by Gasteiger charge is 2.46. The minimum Gasteiger partial charge on any atom is -0.507 e. The lowest BCUT2D eigenvalue weighted by atomic mass is 9.93. The minimum atomic E-state index is -0.673. The summed E-state index contributed by atoms with van der Waals surface area (Å²) >= 11 is 0. The number of rotatable bonds is 7. The van der Waals surface area contributed by atoms with Gasteiger partial charge in [-0.05, 0) is 37.3 Å². The van der Waals surface area contributed by atoms with Crippen molar-refractivity contribution in [3.8, 4) is 0 Å². The lowest BCUT2D eigenvalue weighted by Gasteiger charge is -2.25. The van der Waals surface area contributed by atoms with Gasteiger partial charge >= 0.3 is 0 Å². The number of imidazole rings is 1. The Hall–Kier alpha value is -3.68. The topological polar surface area (TPSA) is 104 Å². The van der Waals surface area contributed by atoms with Crippen LogP contribution >= 0.6 is 0 Å². The average Bonchev–Trinajstić information content (AvgIpc) is 3.49. The van der Waals surface area contributed by atoms with Gasteiger partial charge in [-0.1, -0.05) is 38.1 Å². The number of amides is 1. The summed E-state index contributed by atoms with van der Waals surface area (Å²) in [5.74, 6) is -1.10. The van der Waals surface area contributed by atoms with Gasteiger partial charge in [-0.15, -0.1) is 0 Å². The van der Waals surface area contributed by atoms with Gasteiger partial charge in [-0.3, -0.25) is 14.7 Å². The molecule has 0 aliphatic carbocycles. The first-order valence-corrected chi connectivity index (χ1v) is 11.2. The Bertz CT molecular complexity index is 1170. The van der Waals surface area contributed by atoms with Crippen LogP contribution in [-0.2, 0) is 16.1 Å². The second-order valence-electron chi connectivity index (χ2n) is 8.78. The zero-order chi connectivity index (χ0) is 23.7. The normalized spacial score (nSPS) is 18.0. The van der Waals surface area contributed by atoms with Gasteiger partial charge in [0.1, 0.15) is 5.76 Å². The number of ketones is 1. The molecular formula is C25H29N5O3. The summed E-state index contributed by atoms with van der Waals surface area (Å²) in [6.45, 7) is 8.81. The number of aromatic amines is 1. The Labute approximate surface area is 193 Å². The molecule has 1 saturated heterocycles. The van der Waals surface area contributed by atoms with Crippen LogP contribution in [0.25, 0.3) is 5.76 Å². The lowest BCUT2D eigenvalue weighted by Crippen LogP contribution is -2.31. The van der Waals surface area contributed by atoms with Crippen LogP contribution < -0.4 is 0 Å². The van der Waals surface area contributed by atoms with E-state index in [0.29, 0.717) is 42.4 Å². The van der Waals surface area contributed by atoms with Crippen LogP contribution in [0.5, 0.6) is 0 Å². The molecule has 8 heteroatoms. The number of hydrogen-bond acceptors (Lipinski definition) is 5. The number of aliphatic hydroxyl groups is 1. The van der Waals surface area contributed by atoms with Crippen molar-refractivity contribution in [2.24, 2.45) is 0 Å². The van der Waals surface area contributed by atoms with Crippen molar-refractivity contribution in [2.45, 2.75) is 52.6 Å². The van der Waals surface area contributed by atoms with Gasteiger partial charge in [-0.2, -0.15) is 5.10 Å². The van der Waals surface area contributed by atoms with Crippen LogP contribution in [0.1, 0.15) is 60.3 Å². The maximum absolute atomic E-state index is 13.2. The molecule has 172 valence electrons. The molecule has 0 unspecified atom stereocenters. The molecule has 4 rings (SSSR count). The third-order valence-electron chi connectivity index (χ3n) is 6.20. The number of hydrogen-bond donors (Lipinski definition) is 2. The highest BCUT2D eigenvalue weighted by atomic mass is 16.3. The standard InChI is InChI=1S/C25H29N5O3/c1-15(2)18-6-8-19(9-7-18)22-21(23(31)20-16(3)27-28-17(20)4)24(32)25(33)30(22)12-5-11-29-13-10-26-14-29/h6-10,13-15,22,31H,5,11-12H2,1-4H3,(H,27,28)/t22-/m1/s1. The summed E-state index contributed by atoms with van der Waals surface area (Å²) < 4.78 is 1.93. The molecular weight excluding hydrogens is 418 g/mol. The molecule has 1 aromatic carbocycles. The molecule has 1 amide bonds. The summed E-state index contributed by atoms with van der Waals surface area (Å²) in [4.78, 5) is 31.9. The molecule has 3 aromatic rings. The number of nitrogens with zero attached hydrogens (tertiary/aromatic N) is 4. The number of carbonyl (C=O) groups excluding carboxylic acids is 2. The highest BCUT2D eigenvalue weighted by Crippen LogP contribution is 2.40. The van der Waals surface area contributed by atoms with E-state index in [-0.39, 0.29) is 11.3 Å². The summed E-state index contributed by atoms with van der Waals surface area (Å²) in [6.07, 6.45) is 5.94. The van der Waals surface area contributed by atoms with Crippen LogP contribution in [0, 0.1) is 13.8 Å². The monoisotopic (exact) mass is 447 g/mol. The summed E-state index contributed by atoms with van der Waals surface area (Å²) in [6, 6.07) is 7.25. The van der Waals surface area contributed by atoms with E-state index in [1.807, 2.05) is 35.0 Å². The van der Waals surface area contributed by atoms with Crippen molar-refractivity contribution in [1.82, 2.24) is 24.6 Å². The summed E-state index contributed by atoms with van der Waals surface area (Å²) in [7, 11) is 0. The Kier molecular flexibility index (Phi) is 6.18. The number of carbonyl (C=O) groups is 2. The van der Waals surface area contributed by atoms with Crippen molar-refractivity contribution in [1.29, 1.82) is 0 Å². The third-order valence-corrected chi connectivity index (χ3v) is 6.20. The molecule has 0 bridgehead atoms. The minimum absolute atomic E-state index is 0.104. The Morgan fingerprint density at radius 1 is 1.15 bits per heavy atom. The molecule has 1 aliphatic heterocycles. The molecule has 33 heavy (non-hydrogen) atoms. The first-order chi connectivity index (χ1) is 15.8. The van der Waals surface area contributed by atoms with Crippen molar-refractivity contribution < 1.29 is 14.7 Å². The van der Waals surface area contributed by atoms with E-state index in [1.54, 1.807) is 31.3 Å². The fourth-order valence-electron chi connectivity index (χ4n) is 4.40. The van der Waals surface area contributed by atoms with Crippen LogP contribution in [0.2, 0.25) is 0 Å². The maximum Gasteiger partial charge on any atom is 0.295 e. The van der Waals surface area contributed by atoms with Crippen molar-refractivity contribution in [3.05, 3.63) is 76.6 Å². The highest BCUT2D eigenvalue weighted by molar-refractivity contribution is 6.46. The molecule has 8 nitrogen and oxygen atoms in total. The van der Waals surface area contributed by atoms with Gasteiger partial charge in [0.05, 0.1) is 29.2 Å². The van der Waals surface area contributed by atoms with Crippen LogP contribution in [0.3, 0.4) is 0 Å². The number of likely N-dealkylation sites (tertiary alicyclic amines) is 1. The molecule has 1 fully saturated rings. The quantitative estimate of drug-likeness (QED) is 0.325. The molecule has 0 saturated carbocycles. The number of nitrogens with one attached hydrogen (secondary N) is 1. The molecule has 0 spiro atoms. The number of aromatic nitrogens is 4. The van der Waals surface area contributed by atoms with Crippen LogP contribution in [-0.4, -0.2) is 48.0 Å². The van der Waals surface area contributed by atoms with Gasteiger partial charge in [0, 0.05) is 31.2 Å². The van der Waals surface area contributed by atoms with E-state index in [4.69, 9.17) is 0 Å². The molecule has 0 radical (unpaired) electrons. The number of H-pyrrole nitrogens is 1. The predicted molar refractivity (Wildman–Crippen MR) is 124 cm³/mol. The largest absolute Gasteiger partial charge is 0.507 e. The zero-order valence-corrected chi connectivity index (χ0v) is 19.4. The van der Waals surface area contributed by atoms with E-state index in [9.17, 15) is 14.7 Å². The van der Waals surface area contributed by atoms with Gasteiger partial charge in [0.15, 0.2) is 0 Å². The van der Waals surface area contributed by atoms with Gasteiger partial charge in [0.25, 0.3) is 11.7 Å². The third kappa shape index (κ3) is 4.20. The Morgan fingerprint density at radius 2 is 1.88 bits per heavy atom. The average molecular weight is 448 g/mol. The zero-order valence-electron chi connectivity index (χ0n) is 19.4. The molecule has 2 N–H and O–H groups in total. The second kappa shape index (κ2) is 9.05. The smallest absolute Gasteiger partial charge is 0.295 e. The fraction of sp³-hybridized carbons (Fsp3) is 0.360. The first-order valence-electron chi connectivity index (χ1n) is 11.2. The summed E-state index contributed by atoms with van der Waals surface area (Å²) in [5, 5.41) is 18.2. The molecule has 3 heterocycles. The Morgan fingerprint density at radius 3 is 2.45 bits per heavy atom. The van der Waals surface area contributed by atoms with E-state index >= 15 is 0 Å². The van der Waals surface area contributed by atoms with Gasteiger partial charge < -0.3 is 14.6 Å². The molecule has 2 aromatic heterocycles. The number of aliphatic hydroxyl groups excluding tert-OH is 1. The van der Waals surface area contributed by atoms with Crippen molar-refractivity contribution >= 4 is 17.4 Å². The summed E-state index contributed by atoms with van der Waals surface area (Å²) in [5.41, 5.74) is 3.75. The fourth-order valence-corrected chi connectivity index (χ4v) is 4.40. The predicted octanol–water partition coefficient (Wildman–Crippen LogP) is 3.86. The number of Topliss-reactive ketones (excluding diaryl/α,β-unsaturated/α-hetero) is 1. The van der Waals surface area contributed by atoms with Crippen LogP contribution in [0.4, 0.5) is 0 Å². The van der Waals surface area contributed by atoms with Gasteiger partial charge in [0.2, 0.25) is 0 Å². The molecule has 1 atom stereocenters. The van der Waals surface area contributed by atoms with Crippen molar-refractivity contribution in [2.75, 3.05) is 6.54 Å². The van der Waals surface area contributed by atoms with E-state index in [1.165, 1.54) is 0 Å². The second-order valence-corrected chi connectivity index (χ2v) is 8.78. The number of aryl methyl sites for hydroxylation is 3. The van der Waals surface area contributed by atoms with E-state index < -0.39 is 17.7 Å². The van der Waals surface area contributed by atoms with E-state index in [2.05, 4.69) is 29.0 Å². The van der Waals surface area contributed by atoms with Crippen molar-refractivity contribution in [3.63, 3.8) is 0 Å². The maximum atomic E-state index is 13.2. The SMILES string of the molecule is Cc1n[nH]c(C)c1C(O)=C1C(=O)C(=O)N(CCCn2ccnc2)[C@@H]1c1ccc(C(C)C)cc1.